The van der Waals surface area contributed by atoms with Gasteiger partial charge in [-0.2, -0.15) is 0 Å². The van der Waals surface area contributed by atoms with Crippen molar-refractivity contribution in [3.8, 4) is 5.75 Å². The first-order valence-corrected chi connectivity index (χ1v) is 8.07. The molecule has 0 spiro atoms. The number of amides is 1. The molecule has 7 heteroatoms. The fourth-order valence-corrected chi connectivity index (χ4v) is 2.60. The van der Waals surface area contributed by atoms with E-state index >= 15 is 0 Å². The highest BCUT2D eigenvalue weighted by atomic mass is 35.5. The maximum Gasteiger partial charge on any atom is 0.411 e. The molecule has 0 aliphatic carbocycles. The number of ether oxygens (including phenoxy) is 3. The molecule has 0 saturated carbocycles. The van der Waals surface area contributed by atoms with E-state index in [1.54, 1.807) is 45.0 Å². The van der Waals surface area contributed by atoms with E-state index in [0.29, 0.717) is 17.2 Å². The lowest BCUT2D eigenvalue weighted by atomic mass is 10.2. The zero-order chi connectivity index (χ0) is 17.9. The van der Waals surface area contributed by atoms with Crippen LogP contribution in [0.15, 0.2) is 24.3 Å². The second-order valence-electron chi connectivity index (χ2n) is 6.60. The minimum absolute atomic E-state index is 0.247. The van der Waals surface area contributed by atoms with Crippen LogP contribution in [0.25, 0.3) is 0 Å². The number of methoxy groups -OCH3 is 1. The summed E-state index contributed by atoms with van der Waals surface area (Å²) in [6.45, 7) is 5.57. The first-order chi connectivity index (χ1) is 11.2. The molecule has 1 aromatic rings. The van der Waals surface area contributed by atoms with Crippen LogP contribution in [-0.4, -0.2) is 48.4 Å². The Bertz CT molecular complexity index is 596. The highest BCUT2D eigenvalue weighted by molar-refractivity contribution is 6.30. The van der Waals surface area contributed by atoms with Crippen molar-refractivity contribution < 1.29 is 23.8 Å². The predicted octanol–water partition coefficient (Wildman–Crippen LogP) is 3.27. The molecule has 0 radical (unpaired) electrons. The van der Waals surface area contributed by atoms with E-state index in [4.69, 9.17) is 25.8 Å². The van der Waals surface area contributed by atoms with Gasteiger partial charge in [0.1, 0.15) is 23.5 Å². The summed E-state index contributed by atoms with van der Waals surface area (Å²) in [5.74, 6) is 0.141. The van der Waals surface area contributed by atoms with Gasteiger partial charge in [-0.3, -0.25) is 4.90 Å². The number of carbonyl (C=O) groups is 2. The van der Waals surface area contributed by atoms with Crippen LogP contribution in [0.5, 0.6) is 5.75 Å². The van der Waals surface area contributed by atoms with E-state index in [2.05, 4.69) is 0 Å². The number of halogens is 1. The molecule has 1 aromatic carbocycles. The van der Waals surface area contributed by atoms with E-state index in [1.807, 2.05) is 0 Å². The van der Waals surface area contributed by atoms with Crippen LogP contribution in [-0.2, 0) is 14.3 Å². The zero-order valence-electron chi connectivity index (χ0n) is 14.2. The molecule has 1 aliphatic heterocycles. The van der Waals surface area contributed by atoms with E-state index < -0.39 is 23.7 Å². The Morgan fingerprint density at radius 2 is 1.83 bits per heavy atom. The molecule has 1 heterocycles. The molecule has 2 rings (SSSR count). The van der Waals surface area contributed by atoms with Gasteiger partial charge in [0, 0.05) is 11.4 Å². The topological polar surface area (TPSA) is 65.1 Å². The Morgan fingerprint density at radius 3 is 2.38 bits per heavy atom. The van der Waals surface area contributed by atoms with Gasteiger partial charge < -0.3 is 14.2 Å². The van der Waals surface area contributed by atoms with E-state index in [9.17, 15) is 9.59 Å². The maximum absolute atomic E-state index is 12.4. The molecule has 24 heavy (non-hydrogen) atoms. The van der Waals surface area contributed by atoms with Crippen molar-refractivity contribution in [1.82, 2.24) is 4.90 Å². The lowest BCUT2D eigenvalue weighted by Gasteiger charge is -2.27. The van der Waals surface area contributed by atoms with Gasteiger partial charge in [-0.1, -0.05) is 11.6 Å². The van der Waals surface area contributed by atoms with Crippen LogP contribution < -0.4 is 4.74 Å². The first-order valence-electron chi connectivity index (χ1n) is 7.69. The molecule has 132 valence electrons. The molecule has 0 unspecified atom stereocenters. The summed E-state index contributed by atoms with van der Waals surface area (Å²) in [5.41, 5.74) is -0.646. The SMILES string of the molecule is COC(=O)[C@@H]1C[C@H](Oc2ccc(Cl)cc2)CN1C(=O)OC(C)(C)C. The first kappa shape index (κ1) is 18.4. The lowest BCUT2D eigenvalue weighted by Crippen LogP contribution is -2.44. The van der Waals surface area contributed by atoms with Gasteiger partial charge in [0.2, 0.25) is 0 Å². The molecule has 0 N–H and O–H groups in total. The summed E-state index contributed by atoms with van der Waals surface area (Å²) in [6, 6.07) is 6.20. The molecule has 2 atom stereocenters. The molecule has 0 bridgehead atoms. The van der Waals surface area contributed by atoms with E-state index in [0.717, 1.165) is 0 Å². The highest BCUT2D eigenvalue weighted by Crippen LogP contribution is 2.26. The summed E-state index contributed by atoms with van der Waals surface area (Å²) >= 11 is 5.85. The number of nitrogens with zero attached hydrogens (tertiary/aromatic N) is 1. The van der Waals surface area contributed by atoms with E-state index in [1.165, 1.54) is 12.0 Å². The molecule has 1 aliphatic rings. The molecular formula is C17H22ClNO5. The summed E-state index contributed by atoms with van der Waals surface area (Å²) in [4.78, 5) is 25.7. The smallest absolute Gasteiger partial charge is 0.411 e. The molecule has 1 amide bonds. The minimum atomic E-state index is -0.720. The summed E-state index contributed by atoms with van der Waals surface area (Å²) in [5, 5.41) is 0.608. The average molecular weight is 356 g/mol. The van der Waals surface area contributed by atoms with E-state index in [-0.39, 0.29) is 12.6 Å². The largest absolute Gasteiger partial charge is 0.488 e. The van der Waals surface area contributed by atoms with Crippen molar-refractivity contribution in [2.24, 2.45) is 0 Å². The zero-order valence-corrected chi connectivity index (χ0v) is 15.0. The highest BCUT2D eigenvalue weighted by Gasteiger charge is 2.43. The van der Waals surface area contributed by atoms with Crippen LogP contribution in [0.3, 0.4) is 0 Å². The Balaban J connectivity index is 2.09. The van der Waals surface area contributed by atoms with Crippen LogP contribution in [0, 0.1) is 0 Å². The molecule has 1 saturated heterocycles. The molecular weight excluding hydrogens is 334 g/mol. The third-order valence-corrected chi connectivity index (χ3v) is 3.73. The molecule has 1 fully saturated rings. The third-order valence-electron chi connectivity index (χ3n) is 3.48. The van der Waals surface area contributed by atoms with Crippen molar-refractivity contribution in [3.63, 3.8) is 0 Å². The van der Waals surface area contributed by atoms with Gasteiger partial charge in [-0.15, -0.1) is 0 Å². The minimum Gasteiger partial charge on any atom is -0.488 e. The molecule has 0 aromatic heterocycles. The van der Waals surface area contributed by atoms with Crippen molar-refractivity contribution in [2.75, 3.05) is 13.7 Å². The number of rotatable bonds is 3. The van der Waals surface area contributed by atoms with Crippen LogP contribution in [0.2, 0.25) is 5.02 Å². The van der Waals surface area contributed by atoms with Gasteiger partial charge in [0.25, 0.3) is 0 Å². The van der Waals surface area contributed by atoms with Gasteiger partial charge in [-0.05, 0) is 45.0 Å². The third kappa shape index (κ3) is 4.77. The standard InChI is InChI=1S/C17H22ClNO5/c1-17(2,3)24-16(21)19-10-13(9-14(19)15(20)22-4)23-12-7-5-11(18)6-8-12/h5-8,13-14H,9-10H2,1-4H3/t13-,14-/m0/s1. The van der Waals surface area contributed by atoms with Crippen LogP contribution in [0.4, 0.5) is 4.79 Å². The van der Waals surface area contributed by atoms with Crippen LogP contribution >= 0.6 is 11.6 Å². The maximum atomic E-state index is 12.4. The van der Waals surface area contributed by atoms with Gasteiger partial charge in [0.05, 0.1) is 13.7 Å². The van der Waals surface area contributed by atoms with Crippen molar-refractivity contribution in [3.05, 3.63) is 29.3 Å². The van der Waals surface area contributed by atoms with Crippen molar-refractivity contribution in [1.29, 1.82) is 0 Å². The number of carbonyl (C=O) groups excluding carboxylic acids is 2. The second-order valence-corrected chi connectivity index (χ2v) is 7.04. The Labute approximate surface area is 146 Å². The lowest BCUT2D eigenvalue weighted by molar-refractivity contribution is -0.145. The predicted molar refractivity (Wildman–Crippen MR) is 89.2 cm³/mol. The van der Waals surface area contributed by atoms with Gasteiger partial charge in [-0.25, -0.2) is 9.59 Å². The summed E-state index contributed by atoms with van der Waals surface area (Å²) in [7, 11) is 1.29. The normalized spacial score (nSPS) is 20.6. The number of esters is 1. The number of hydrogen-bond donors (Lipinski definition) is 0. The van der Waals surface area contributed by atoms with Crippen LogP contribution in [0.1, 0.15) is 27.2 Å². The Morgan fingerprint density at radius 1 is 1.21 bits per heavy atom. The van der Waals surface area contributed by atoms with Gasteiger partial charge >= 0.3 is 12.1 Å². The monoisotopic (exact) mass is 355 g/mol. The fraction of sp³-hybridized carbons (Fsp3) is 0.529. The average Bonchev–Trinajstić information content (AvgIpc) is 2.91. The van der Waals surface area contributed by atoms with Gasteiger partial charge in [0.15, 0.2) is 0 Å². The fourth-order valence-electron chi connectivity index (χ4n) is 2.47. The summed E-state index contributed by atoms with van der Waals surface area (Å²) in [6.07, 6.45) is -0.544. The Hall–Kier alpha value is -1.95. The number of hydrogen-bond acceptors (Lipinski definition) is 5. The van der Waals surface area contributed by atoms with Crippen molar-refractivity contribution >= 4 is 23.7 Å². The number of likely N-dealkylation sites (tertiary alicyclic amines) is 1. The summed E-state index contributed by atoms with van der Waals surface area (Å²) < 4.78 is 16.0. The quantitative estimate of drug-likeness (QED) is 0.778. The van der Waals surface area contributed by atoms with Crippen molar-refractivity contribution in [2.45, 2.75) is 44.9 Å². The Kier molecular flexibility index (Phi) is 5.59. The number of benzene rings is 1. The molecule has 6 nitrogen and oxygen atoms in total. The second kappa shape index (κ2) is 7.30.